The van der Waals surface area contributed by atoms with E-state index in [-0.39, 0.29) is 24.0 Å². The lowest BCUT2D eigenvalue weighted by molar-refractivity contribution is 0.0187. The van der Waals surface area contributed by atoms with Gasteiger partial charge in [0.15, 0.2) is 11.3 Å². The topological polar surface area (TPSA) is 119 Å². The number of carbonyl (C=O) groups excluding carboxylic acids is 2. The van der Waals surface area contributed by atoms with Crippen LogP contribution in [0.15, 0.2) is 41.7 Å². The van der Waals surface area contributed by atoms with Crippen LogP contribution >= 0.6 is 23.4 Å². The van der Waals surface area contributed by atoms with E-state index >= 15 is 0 Å². The summed E-state index contributed by atoms with van der Waals surface area (Å²) >= 11 is 7.92. The predicted molar refractivity (Wildman–Crippen MR) is 182 cm³/mol. The highest BCUT2D eigenvalue weighted by Crippen LogP contribution is 2.30. The monoisotopic (exact) mass is 684 g/mol. The van der Waals surface area contributed by atoms with Crippen LogP contribution in [0.5, 0.6) is 0 Å². The first kappa shape index (κ1) is 34.7. The Kier molecular flexibility index (Phi) is 10.5. The lowest BCUT2D eigenvalue weighted by Crippen LogP contribution is -2.42. The number of aromatic nitrogens is 6. The molecule has 0 saturated carbocycles. The number of ether oxygens (including phenoxy) is 2. The van der Waals surface area contributed by atoms with Crippen molar-refractivity contribution in [1.82, 2.24) is 39.0 Å². The molecule has 4 aromatic rings. The van der Waals surface area contributed by atoms with E-state index in [1.807, 2.05) is 70.5 Å². The second-order valence-electron chi connectivity index (χ2n) is 14.0. The summed E-state index contributed by atoms with van der Waals surface area (Å²) in [6.45, 7) is 14.0. The molecule has 47 heavy (non-hydrogen) atoms. The first-order valence-electron chi connectivity index (χ1n) is 16.1. The summed E-state index contributed by atoms with van der Waals surface area (Å²) in [6.07, 6.45) is 8.87. The summed E-state index contributed by atoms with van der Waals surface area (Å²) in [4.78, 5) is 37.6. The SMILES string of the molecule is CC(C)(C)OC(=O)N1CCCC(c2cc(Cl)n3nccc3n2)C1.CSc1cc(C2CCCN(C(=O)OC(C)(C)C)C2)nc2ccnn12. The molecule has 0 N–H and O–H groups in total. The molecular weight excluding hydrogens is 640 g/mol. The molecule has 2 saturated heterocycles. The van der Waals surface area contributed by atoms with E-state index < -0.39 is 11.2 Å². The number of rotatable bonds is 3. The minimum absolute atomic E-state index is 0.161. The van der Waals surface area contributed by atoms with Gasteiger partial charge in [0.05, 0.1) is 23.8 Å². The third-order valence-corrected chi connectivity index (χ3v) is 8.85. The molecule has 2 aliphatic heterocycles. The van der Waals surface area contributed by atoms with Crippen molar-refractivity contribution in [3.63, 3.8) is 0 Å². The fraction of sp³-hybridized carbons (Fsp3) is 0.576. The Labute approximate surface area is 285 Å². The van der Waals surface area contributed by atoms with Crippen molar-refractivity contribution in [2.24, 2.45) is 0 Å². The van der Waals surface area contributed by atoms with Crippen LogP contribution in [0.25, 0.3) is 11.3 Å². The van der Waals surface area contributed by atoms with Gasteiger partial charge in [0, 0.05) is 50.1 Å². The van der Waals surface area contributed by atoms with Gasteiger partial charge in [0.1, 0.15) is 21.4 Å². The molecule has 0 spiro atoms. The maximum absolute atomic E-state index is 12.3. The smallest absolute Gasteiger partial charge is 0.410 e. The van der Waals surface area contributed by atoms with Gasteiger partial charge in [-0.2, -0.15) is 10.2 Å². The number of piperidine rings is 2. The van der Waals surface area contributed by atoms with Crippen LogP contribution < -0.4 is 0 Å². The number of hydrogen-bond acceptors (Lipinski definition) is 9. The third-order valence-electron chi connectivity index (χ3n) is 7.87. The molecule has 0 aliphatic carbocycles. The number of fused-ring (bicyclic) bond motifs is 2. The Morgan fingerprint density at radius 1 is 0.787 bits per heavy atom. The standard InChI is InChI=1S/C17H24N4O2S.C16H21ClN4O2/c1-17(2,3)23-16(22)20-9-5-6-12(11-20)13-10-15(24-4)21-14(19-13)7-8-18-21;1-16(2,3)23-15(22)20-8-4-5-11(10-20)12-9-13(17)21-14(19-12)6-7-18-21/h7-8,10,12H,5-6,9,11H2,1-4H3;6-7,9,11H,4-5,8,10H2,1-3H3. The number of thioether (sulfide) groups is 1. The number of nitrogens with zero attached hydrogens (tertiary/aromatic N) is 8. The molecule has 2 fully saturated rings. The molecule has 6 heterocycles. The van der Waals surface area contributed by atoms with E-state index in [4.69, 9.17) is 26.1 Å². The molecule has 0 aromatic carbocycles. The average Bonchev–Trinajstić information content (AvgIpc) is 3.70. The summed E-state index contributed by atoms with van der Waals surface area (Å²) in [7, 11) is 0. The minimum Gasteiger partial charge on any atom is -0.444 e. The number of likely N-dealkylation sites (tertiary alicyclic amines) is 2. The van der Waals surface area contributed by atoms with Crippen LogP contribution in [0.2, 0.25) is 5.15 Å². The van der Waals surface area contributed by atoms with E-state index in [1.54, 1.807) is 38.5 Å². The van der Waals surface area contributed by atoms with Crippen molar-refractivity contribution in [1.29, 1.82) is 0 Å². The lowest BCUT2D eigenvalue weighted by Gasteiger charge is -2.34. The van der Waals surface area contributed by atoms with Gasteiger partial charge in [-0.3, -0.25) is 0 Å². The van der Waals surface area contributed by atoms with E-state index in [2.05, 4.69) is 21.2 Å². The van der Waals surface area contributed by atoms with Gasteiger partial charge in [-0.1, -0.05) is 11.6 Å². The van der Waals surface area contributed by atoms with Crippen molar-refractivity contribution in [2.75, 3.05) is 32.4 Å². The van der Waals surface area contributed by atoms with Crippen molar-refractivity contribution >= 4 is 46.8 Å². The number of hydrogen-bond donors (Lipinski definition) is 0. The van der Waals surface area contributed by atoms with Gasteiger partial charge < -0.3 is 19.3 Å². The Bertz CT molecular complexity index is 1710. The maximum Gasteiger partial charge on any atom is 0.410 e. The molecule has 2 unspecified atom stereocenters. The zero-order valence-corrected chi connectivity index (χ0v) is 29.8. The van der Waals surface area contributed by atoms with Gasteiger partial charge in [0.2, 0.25) is 0 Å². The molecule has 14 heteroatoms. The normalized spacial score (nSPS) is 19.0. The van der Waals surface area contributed by atoms with Gasteiger partial charge in [-0.05, 0) is 85.6 Å². The lowest BCUT2D eigenvalue weighted by atomic mass is 9.95. The second kappa shape index (κ2) is 14.3. The second-order valence-corrected chi connectivity index (χ2v) is 15.2. The van der Waals surface area contributed by atoms with Crippen molar-refractivity contribution in [3.8, 4) is 0 Å². The van der Waals surface area contributed by atoms with Crippen LogP contribution in [-0.4, -0.2) is 94.8 Å². The molecule has 254 valence electrons. The highest BCUT2D eigenvalue weighted by atomic mass is 35.5. The number of halogens is 1. The highest BCUT2D eigenvalue weighted by molar-refractivity contribution is 7.98. The van der Waals surface area contributed by atoms with Gasteiger partial charge in [0.25, 0.3) is 0 Å². The van der Waals surface area contributed by atoms with E-state index in [1.165, 1.54) is 0 Å². The Balaban J connectivity index is 0.000000185. The zero-order chi connectivity index (χ0) is 33.9. The van der Waals surface area contributed by atoms with Crippen molar-refractivity contribution in [3.05, 3.63) is 53.2 Å². The Morgan fingerprint density at radius 3 is 1.74 bits per heavy atom. The number of amides is 2. The summed E-state index contributed by atoms with van der Waals surface area (Å²) in [5.41, 5.74) is 2.55. The summed E-state index contributed by atoms with van der Waals surface area (Å²) in [5.74, 6) is 0.394. The molecule has 0 radical (unpaired) electrons. The first-order chi connectivity index (χ1) is 22.2. The van der Waals surface area contributed by atoms with Gasteiger partial charge in [-0.25, -0.2) is 28.6 Å². The maximum atomic E-state index is 12.3. The van der Waals surface area contributed by atoms with Gasteiger partial charge >= 0.3 is 12.2 Å². The third kappa shape index (κ3) is 8.86. The summed E-state index contributed by atoms with van der Waals surface area (Å²) < 4.78 is 14.4. The van der Waals surface area contributed by atoms with Crippen LogP contribution in [-0.2, 0) is 9.47 Å². The fourth-order valence-electron chi connectivity index (χ4n) is 5.78. The van der Waals surface area contributed by atoms with Crippen LogP contribution in [0.1, 0.15) is 90.4 Å². The Morgan fingerprint density at radius 2 is 1.26 bits per heavy atom. The highest BCUT2D eigenvalue weighted by Gasteiger charge is 2.31. The molecular formula is C33H45ClN8O4S. The van der Waals surface area contributed by atoms with E-state index in [0.29, 0.717) is 24.8 Å². The van der Waals surface area contributed by atoms with E-state index in [9.17, 15) is 9.59 Å². The summed E-state index contributed by atoms with van der Waals surface area (Å²) in [5, 5.41) is 10.0. The largest absolute Gasteiger partial charge is 0.444 e. The minimum atomic E-state index is -0.484. The van der Waals surface area contributed by atoms with Gasteiger partial charge in [-0.15, -0.1) is 11.8 Å². The fourth-order valence-corrected chi connectivity index (χ4v) is 6.58. The molecule has 4 aromatic heterocycles. The molecule has 2 atom stereocenters. The first-order valence-corrected chi connectivity index (χ1v) is 17.7. The zero-order valence-electron chi connectivity index (χ0n) is 28.3. The quantitative estimate of drug-likeness (QED) is 0.165. The Hall–Kier alpha value is -3.58. The molecule has 12 nitrogen and oxygen atoms in total. The van der Waals surface area contributed by atoms with Crippen LogP contribution in [0.3, 0.4) is 0 Å². The van der Waals surface area contributed by atoms with Crippen molar-refractivity contribution < 1.29 is 19.1 Å². The van der Waals surface area contributed by atoms with Crippen LogP contribution in [0, 0.1) is 0 Å². The molecule has 2 amide bonds. The molecule has 2 aliphatic rings. The number of carbonyl (C=O) groups is 2. The average molecular weight is 685 g/mol. The summed E-state index contributed by atoms with van der Waals surface area (Å²) in [6, 6.07) is 7.67. The predicted octanol–water partition coefficient (Wildman–Crippen LogP) is 7.06. The van der Waals surface area contributed by atoms with Crippen molar-refractivity contribution in [2.45, 2.75) is 95.3 Å². The van der Waals surface area contributed by atoms with E-state index in [0.717, 1.165) is 59.9 Å². The van der Waals surface area contributed by atoms with Crippen LogP contribution in [0.4, 0.5) is 9.59 Å². The molecule has 0 bridgehead atoms. The molecule has 6 rings (SSSR count).